The van der Waals surface area contributed by atoms with Crippen LogP contribution in [0.5, 0.6) is 11.5 Å². The zero-order chi connectivity index (χ0) is 22.2. The molecule has 0 N–H and O–H groups in total. The molecule has 0 saturated heterocycles. The van der Waals surface area contributed by atoms with E-state index in [0.717, 1.165) is 40.7 Å². The summed E-state index contributed by atoms with van der Waals surface area (Å²) in [6.07, 6.45) is 4.63. The van der Waals surface area contributed by atoms with Crippen molar-refractivity contribution in [3.8, 4) is 34.3 Å². The molecule has 33 heavy (non-hydrogen) atoms. The summed E-state index contributed by atoms with van der Waals surface area (Å²) < 4.78 is 18.5. The van der Waals surface area contributed by atoms with E-state index in [1.165, 1.54) is 12.8 Å². The highest BCUT2D eigenvalue weighted by Crippen LogP contribution is 2.39. The highest BCUT2D eigenvalue weighted by Gasteiger charge is 2.26. The van der Waals surface area contributed by atoms with Crippen LogP contribution in [0.1, 0.15) is 37.6 Å². The van der Waals surface area contributed by atoms with Crippen LogP contribution in [-0.4, -0.2) is 31.7 Å². The quantitative estimate of drug-likeness (QED) is 0.320. The molecule has 0 unspecified atom stereocenters. The first-order valence-electron chi connectivity index (χ1n) is 10.8. The number of fused-ring (bicyclic) bond motifs is 1. The summed E-state index contributed by atoms with van der Waals surface area (Å²) in [5, 5.41) is 14.6. The largest absolute Gasteiger partial charge is 0.454 e. The lowest BCUT2D eigenvalue weighted by atomic mass is 10.2. The van der Waals surface area contributed by atoms with Crippen molar-refractivity contribution in [1.29, 1.82) is 0 Å². The van der Waals surface area contributed by atoms with E-state index in [2.05, 4.69) is 24.9 Å². The molecule has 0 bridgehead atoms. The maximum absolute atomic E-state index is 6.48. The third kappa shape index (κ3) is 3.95. The molecule has 2 aliphatic rings. The third-order valence-electron chi connectivity index (χ3n) is 5.89. The van der Waals surface area contributed by atoms with Gasteiger partial charge in [0.15, 0.2) is 22.5 Å². The van der Waals surface area contributed by atoms with Crippen molar-refractivity contribution in [2.24, 2.45) is 0 Å². The number of hydrogen-bond acceptors (Lipinski definition) is 8. The minimum Gasteiger partial charge on any atom is -0.454 e. The highest BCUT2D eigenvalue weighted by molar-refractivity contribution is 7.98. The summed E-state index contributed by atoms with van der Waals surface area (Å²) in [4.78, 5) is 4.55. The fraction of sp³-hybridized carbons (Fsp3) is 0.304. The van der Waals surface area contributed by atoms with Gasteiger partial charge in [-0.15, -0.1) is 10.2 Å². The van der Waals surface area contributed by atoms with Crippen LogP contribution < -0.4 is 9.47 Å². The fourth-order valence-corrected chi connectivity index (χ4v) is 5.35. The smallest absolute Gasteiger partial charge is 0.237 e. The van der Waals surface area contributed by atoms with Gasteiger partial charge in [0.1, 0.15) is 0 Å². The number of nitrogens with zero attached hydrogens (tertiary/aromatic N) is 5. The second-order valence-corrected chi connectivity index (χ2v) is 9.31. The Bertz CT molecular complexity index is 1300. The van der Waals surface area contributed by atoms with Gasteiger partial charge in [-0.2, -0.15) is 4.98 Å². The average molecular weight is 482 g/mol. The Morgan fingerprint density at radius 3 is 2.76 bits per heavy atom. The minimum absolute atomic E-state index is 0.227. The van der Waals surface area contributed by atoms with Gasteiger partial charge in [0.05, 0.1) is 10.8 Å². The van der Waals surface area contributed by atoms with Crippen molar-refractivity contribution in [3.05, 3.63) is 53.4 Å². The number of aromatic nitrogens is 5. The van der Waals surface area contributed by atoms with Crippen molar-refractivity contribution in [3.63, 3.8) is 0 Å². The van der Waals surface area contributed by atoms with E-state index >= 15 is 0 Å². The van der Waals surface area contributed by atoms with Crippen molar-refractivity contribution < 1.29 is 14.0 Å². The van der Waals surface area contributed by atoms with Gasteiger partial charge in [-0.25, -0.2) is 0 Å². The molecule has 0 amide bonds. The Labute approximate surface area is 199 Å². The first-order chi connectivity index (χ1) is 16.3. The maximum Gasteiger partial charge on any atom is 0.237 e. The Morgan fingerprint density at radius 2 is 1.88 bits per heavy atom. The van der Waals surface area contributed by atoms with E-state index in [4.69, 9.17) is 25.6 Å². The number of halogens is 1. The second-order valence-electron chi connectivity index (χ2n) is 7.96. The van der Waals surface area contributed by atoms with Crippen molar-refractivity contribution in [1.82, 2.24) is 24.9 Å². The molecule has 1 aliphatic carbocycles. The Kier molecular flexibility index (Phi) is 5.43. The summed E-state index contributed by atoms with van der Waals surface area (Å²) in [6, 6.07) is 13.7. The SMILES string of the molecule is Clc1ccccc1-c1nnc(SCc2nc(-c3ccc4c(c3)OCO4)no2)n1C1CCCC1. The molecule has 8 nitrogen and oxygen atoms in total. The maximum atomic E-state index is 6.48. The number of rotatable bonds is 6. The molecule has 3 heterocycles. The highest BCUT2D eigenvalue weighted by atomic mass is 35.5. The molecule has 0 radical (unpaired) electrons. The van der Waals surface area contributed by atoms with Crippen LogP contribution in [0.25, 0.3) is 22.8 Å². The third-order valence-corrected chi connectivity index (χ3v) is 7.15. The molecule has 168 valence electrons. The number of ether oxygens (including phenoxy) is 2. The van der Waals surface area contributed by atoms with Gasteiger partial charge in [-0.1, -0.05) is 53.5 Å². The first kappa shape index (κ1) is 20.6. The number of hydrogen-bond donors (Lipinski definition) is 0. The van der Waals surface area contributed by atoms with Gasteiger partial charge in [-0.3, -0.25) is 4.57 Å². The van der Waals surface area contributed by atoms with E-state index in [0.29, 0.717) is 34.3 Å². The second kappa shape index (κ2) is 8.72. The van der Waals surface area contributed by atoms with E-state index < -0.39 is 0 Å². The average Bonchev–Trinajstić information content (AvgIpc) is 3.64. The summed E-state index contributed by atoms with van der Waals surface area (Å²) in [7, 11) is 0. The Morgan fingerprint density at radius 1 is 1.03 bits per heavy atom. The van der Waals surface area contributed by atoms with Gasteiger partial charge < -0.3 is 14.0 Å². The molecule has 2 aromatic heterocycles. The standard InChI is InChI=1S/C23H20ClN5O3S/c24-17-8-4-3-7-16(17)22-26-27-23(29(22)15-5-1-2-6-15)33-12-20-25-21(28-32-20)14-9-10-18-19(11-14)31-13-30-18/h3-4,7-11,15H,1-2,5-6,12-13H2. The zero-order valence-corrected chi connectivity index (χ0v) is 19.2. The van der Waals surface area contributed by atoms with Gasteiger partial charge in [0.2, 0.25) is 18.5 Å². The lowest BCUT2D eigenvalue weighted by molar-refractivity contribution is 0.174. The molecule has 0 spiro atoms. The van der Waals surface area contributed by atoms with E-state index in [1.807, 2.05) is 42.5 Å². The van der Waals surface area contributed by atoms with E-state index in [-0.39, 0.29) is 6.79 Å². The fourth-order valence-electron chi connectivity index (χ4n) is 4.29. The number of thioether (sulfide) groups is 1. The Balaban J connectivity index is 1.25. The van der Waals surface area contributed by atoms with Crippen LogP contribution in [0.15, 0.2) is 52.1 Å². The lowest BCUT2D eigenvalue weighted by Gasteiger charge is -2.17. The van der Waals surface area contributed by atoms with Gasteiger partial charge in [0, 0.05) is 17.2 Å². The van der Waals surface area contributed by atoms with E-state index in [9.17, 15) is 0 Å². The van der Waals surface area contributed by atoms with Gasteiger partial charge >= 0.3 is 0 Å². The van der Waals surface area contributed by atoms with E-state index in [1.54, 1.807) is 11.8 Å². The molecular weight excluding hydrogens is 462 g/mol. The minimum atomic E-state index is 0.227. The van der Waals surface area contributed by atoms with Crippen LogP contribution in [-0.2, 0) is 5.75 Å². The molecule has 4 aromatic rings. The molecule has 1 fully saturated rings. The Hall–Kier alpha value is -3.04. The van der Waals surface area contributed by atoms with Crippen LogP contribution in [0.3, 0.4) is 0 Å². The topological polar surface area (TPSA) is 88.1 Å². The first-order valence-corrected chi connectivity index (χ1v) is 12.2. The summed E-state index contributed by atoms with van der Waals surface area (Å²) in [5.41, 5.74) is 1.71. The predicted octanol–water partition coefficient (Wildman–Crippen LogP) is 5.78. The van der Waals surface area contributed by atoms with Crippen LogP contribution in [0.2, 0.25) is 5.02 Å². The summed E-state index contributed by atoms with van der Waals surface area (Å²) >= 11 is 8.02. The molecule has 6 rings (SSSR count). The van der Waals surface area contributed by atoms with Crippen LogP contribution in [0, 0.1) is 0 Å². The van der Waals surface area contributed by atoms with Gasteiger partial charge in [0.25, 0.3) is 0 Å². The monoisotopic (exact) mass is 481 g/mol. The molecule has 2 aromatic carbocycles. The van der Waals surface area contributed by atoms with Crippen molar-refractivity contribution in [2.45, 2.75) is 42.6 Å². The van der Waals surface area contributed by atoms with Gasteiger partial charge in [-0.05, 0) is 43.2 Å². The molecule has 1 saturated carbocycles. The number of benzene rings is 2. The normalized spacial score (nSPS) is 15.4. The molecule has 10 heteroatoms. The lowest BCUT2D eigenvalue weighted by Crippen LogP contribution is -2.08. The zero-order valence-electron chi connectivity index (χ0n) is 17.6. The van der Waals surface area contributed by atoms with Crippen molar-refractivity contribution in [2.75, 3.05) is 6.79 Å². The predicted molar refractivity (Wildman–Crippen MR) is 123 cm³/mol. The molecule has 1 aliphatic heterocycles. The van der Waals surface area contributed by atoms with Crippen molar-refractivity contribution >= 4 is 23.4 Å². The summed E-state index contributed by atoms with van der Waals surface area (Å²) in [6.45, 7) is 0.227. The van der Waals surface area contributed by atoms with Crippen LogP contribution in [0.4, 0.5) is 0 Å². The molecule has 0 atom stereocenters. The summed E-state index contributed by atoms with van der Waals surface area (Å²) in [5.74, 6) is 3.74. The van der Waals surface area contributed by atoms with Crippen LogP contribution >= 0.6 is 23.4 Å². The molecular formula is C23H20ClN5O3S.